The third-order valence-electron chi connectivity index (χ3n) is 5.67. The number of oxazole rings is 1. The molecule has 0 saturated heterocycles. The van der Waals surface area contributed by atoms with E-state index in [0.29, 0.717) is 32.6 Å². The van der Waals surface area contributed by atoms with Gasteiger partial charge < -0.3 is 18.0 Å². The molecule has 0 unspecified atom stereocenters. The van der Waals surface area contributed by atoms with Gasteiger partial charge in [0.2, 0.25) is 5.89 Å². The fourth-order valence-corrected chi connectivity index (χ4v) is 5.47. The van der Waals surface area contributed by atoms with Crippen molar-refractivity contribution in [1.29, 1.82) is 0 Å². The quantitative estimate of drug-likeness (QED) is 0.181. The predicted octanol–water partition coefficient (Wildman–Crippen LogP) is 9.60. The van der Waals surface area contributed by atoms with Crippen LogP contribution in [-0.2, 0) is 4.57 Å². The van der Waals surface area contributed by atoms with Crippen molar-refractivity contribution in [2.75, 3.05) is 0 Å². The molecule has 9 heteroatoms. The molecule has 188 valence electrons. The molecule has 0 spiro atoms. The van der Waals surface area contributed by atoms with Crippen LogP contribution in [0.2, 0.25) is 10.0 Å². The minimum Gasteiger partial charge on any atom is -0.436 e. The lowest BCUT2D eigenvalue weighted by atomic mass is 10.0. The Morgan fingerprint density at radius 2 is 1.26 bits per heavy atom. The average Bonchev–Trinajstić information content (AvgIpc) is 3.35. The van der Waals surface area contributed by atoms with E-state index in [1.807, 2.05) is 54.6 Å². The second-order valence-electron chi connectivity index (χ2n) is 8.28. The van der Waals surface area contributed by atoms with Crippen LogP contribution < -0.4 is 13.6 Å². The third kappa shape index (κ3) is 5.07. The first-order chi connectivity index (χ1) is 18.5. The Morgan fingerprint density at radius 3 is 1.92 bits per heavy atom. The Morgan fingerprint density at radius 1 is 0.658 bits per heavy atom. The van der Waals surface area contributed by atoms with E-state index in [2.05, 4.69) is 4.98 Å². The van der Waals surface area contributed by atoms with Crippen LogP contribution in [0.15, 0.2) is 114 Å². The van der Waals surface area contributed by atoms with Gasteiger partial charge in [0.05, 0.1) is 5.56 Å². The highest BCUT2D eigenvalue weighted by Gasteiger charge is 2.35. The SMILES string of the molecule is O=P(Oc1ccc(Cl)cc1)(Oc1ccc(Cl)cc1)Oc1ccc2ccccc2c1-c1nc2ccccc2o1. The van der Waals surface area contributed by atoms with Crippen LogP contribution in [0.1, 0.15) is 0 Å². The van der Waals surface area contributed by atoms with E-state index in [4.69, 9.17) is 41.2 Å². The molecule has 0 saturated carbocycles. The molecule has 0 amide bonds. The van der Waals surface area contributed by atoms with Crippen LogP contribution in [-0.4, -0.2) is 4.98 Å². The number of rotatable bonds is 7. The molecule has 0 radical (unpaired) electrons. The molecule has 0 aliphatic heterocycles. The Balaban J connectivity index is 1.48. The molecule has 6 aromatic rings. The Kier molecular flexibility index (Phi) is 6.46. The average molecular weight is 562 g/mol. The molecule has 38 heavy (non-hydrogen) atoms. The summed E-state index contributed by atoms with van der Waals surface area (Å²) in [6, 6.07) is 31.4. The van der Waals surface area contributed by atoms with Crippen molar-refractivity contribution in [3.8, 4) is 28.7 Å². The maximum atomic E-state index is 14.2. The van der Waals surface area contributed by atoms with E-state index in [1.54, 1.807) is 54.6 Å². The van der Waals surface area contributed by atoms with Gasteiger partial charge in [-0.15, -0.1) is 0 Å². The zero-order chi connectivity index (χ0) is 26.1. The summed E-state index contributed by atoms with van der Waals surface area (Å²) in [6.07, 6.45) is 0. The number of hydrogen-bond acceptors (Lipinski definition) is 6. The van der Waals surface area contributed by atoms with Gasteiger partial charge in [-0.3, -0.25) is 0 Å². The van der Waals surface area contributed by atoms with Crippen molar-refractivity contribution in [3.63, 3.8) is 0 Å². The van der Waals surface area contributed by atoms with Crippen LogP contribution in [0, 0.1) is 0 Å². The number of hydrogen-bond donors (Lipinski definition) is 0. The van der Waals surface area contributed by atoms with Crippen LogP contribution in [0.4, 0.5) is 0 Å². The minimum absolute atomic E-state index is 0.210. The van der Waals surface area contributed by atoms with Gasteiger partial charge in [0.15, 0.2) is 5.58 Å². The summed E-state index contributed by atoms with van der Waals surface area (Å²) < 4.78 is 38.0. The lowest BCUT2D eigenvalue weighted by Crippen LogP contribution is -2.08. The zero-order valence-corrected chi connectivity index (χ0v) is 22.0. The van der Waals surface area contributed by atoms with E-state index >= 15 is 0 Å². The van der Waals surface area contributed by atoms with Crippen LogP contribution in [0.5, 0.6) is 17.2 Å². The fraction of sp³-hybridized carbons (Fsp3) is 0. The highest BCUT2D eigenvalue weighted by molar-refractivity contribution is 7.49. The molecule has 1 aromatic heterocycles. The topological polar surface area (TPSA) is 70.8 Å². The molecule has 0 atom stereocenters. The third-order valence-corrected chi connectivity index (χ3v) is 7.46. The normalized spacial score (nSPS) is 11.5. The van der Waals surface area contributed by atoms with Crippen molar-refractivity contribution in [1.82, 2.24) is 4.98 Å². The second kappa shape index (κ2) is 10.1. The minimum atomic E-state index is -4.33. The van der Waals surface area contributed by atoms with Crippen molar-refractivity contribution in [2.45, 2.75) is 0 Å². The fourth-order valence-electron chi connectivity index (χ4n) is 3.95. The summed E-state index contributed by atoms with van der Waals surface area (Å²) in [4.78, 5) is 4.66. The highest BCUT2D eigenvalue weighted by atomic mass is 35.5. The van der Waals surface area contributed by atoms with Crippen molar-refractivity contribution >= 4 is 52.9 Å². The molecule has 0 N–H and O–H groups in total. The Hall–Kier alpha value is -3.96. The summed E-state index contributed by atoms with van der Waals surface area (Å²) in [6.45, 7) is 0. The molecule has 1 heterocycles. The molecular formula is C29H18Cl2NO5P. The van der Waals surface area contributed by atoms with E-state index in [-0.39, 0.29) is 17.2 Å². The Labute approximate surface area is 227 Å². The summed E-state index contributed by atoms with van der Waals surface area (Å²) in [5.74, 6) is 1.01. The van der Waals surface area contributed by atoms with E-state index < -0.39 is 7.82 Å². The summed E-state index contributed by atoms with van der Waals surface area (Å²) in [5.41, 5.74) is 1.80. The first-order valence-electron chi connectivity index (χ1n) is 11.5. The molecule has 6 nitrogen and oxygen atoms in total. The molecule has 6 rings (SSSR count). The number of benzene rings is 5. The first-order valence-corrected chi connectivity index (χ1v) is 13.8. The van der Waals surface area contributed by atoms with Gasteiger partial charge in [0.25, 0.3) is 0 Å². The second-order valence-corrected chi connectivity index (χ2v) is 10.6. The van der Waals surface area contributed by atoms with E-state index in [9.17, 15) is 4.57 Å². The summed E-state index contributed by atoms with van der Waals surface area (Å²) in [5, 5.41) is 2.71. The number of nitrogens with zero attached hydrogens (tertiary/aromatic N) is 1. The maximum Gasteiger partial charge on any atom is 0.647 e. The van der Waals surface area contributed by atoms with Crippen molar-refractivity contribution < 1.29 is 22.6 Å². The van der Waals surface area contributed by atoms with Crippen LogP contribution in [0.3, 0.4) is 0 Å². The molecule has 5 aromatic carbocycles. The highest BCUT2D eigenvalue weighted by Crippen LogP contribution is 2.52. The lowest BCUT2D eigenvalue weighted by Gasteiger charge is -2.21. The summed E-state index contributed by atoms with van der Waals surface area (Å²) in [7, 11) is -4.33. The molecule has 0 aliphatic carbocycles. The monoisotopic (exact) mass is 561 g/mol. The van der Waals surface area contributed by atoms with Gasteiger partial charge in [-0.25, -0.2) is 4.98 Å². The van der Waals surface area contributed by atoms with Gasteiger partial charge in [0, 0.05) is 10.0 Å². The first kappa shape index (κ1) is 24.4. The smallest absolute Gasteiger partial charge is 0.436 e. The van der Waals surface area contributed by atoms with Gasteiger partial charge >= 0.3 is 7.82 Å². The molecule has 0 bridgehead atoms. The largest absolute Gasteiger partial charge is 0.647 e. The number of aromatic nitrogens is 1. The van der Waals surface area contributed by atoms with Gasteiger partial charge in [-0.2, -0.15) is 4.57 Å². The molecule has 0 aliphatic rings. The zero-order valence-electron chi connectivity index (χ0n) is 19.6. The van der Waals surface area contributed by atoms with Gasteiger partial charge in [0.1, 0.15) is 22.8 Å². The maximum absolute atomic E-state index is 14.2. The van der Waals surface area contributed by atoms with E-state index in [0.717, 1.165) is 10.8 Å². The van der Waals surface area contributed by atoms with Gasteiger partial charge in [-0.05, 0) is 77.5 Å². The van der Waals surface area contributed by atoms with Gasteiger partial charge in [-0.1, -0.05) is 65.7 Å². The number of phosphoric acid groups is 1. The van der Waals surface area contributed by atoms with Crippen molar-refractivity contribution in [3.05, 3.63) is 119 Å². The number of phosphoric ester groups is 1. The van der Waals surface area contributed by atoms with Crippen molar-refractivity contribution in [2.24, 2.45) is 0 Å². The summed E-state index contributed by atoms with van der Waals surface area (Å²) >= 11 is 12.0. The van der Waals surface area contributed by atoms with Crippen LogP contribution >= 0.6 is 31.0 Å². The number of halogens is 2. The van der Waals surface area contributed by atoms with E-state index in [1.165, 1.54) is 0 Å². The molecule has 0 fully saturated rings. The lowest BCUT2D eigenvalue weighted by molar-refractivity contribution is 0.299. The number of para-hydroxylation sites is 2. The van der Waals surface area contributed by atoms with Crippen LogP contribution in [0.25, 0.3) is 33.3 Å². The Bertz CT molecular complexity index is 1720. The standard InChI is InChI=1S/C29H18Cl2NO5P/c30-20-10-14-22(15-11-20)35-38(33,36-23-16-12-21(31)13-17-23)37-27-18-9-19-5-1-2-6-24(19)28(27)29-32-25-7-3-4-8-26(25)34-29/h1-18H. The predicted molar refractivity (Wildman–Crippen MR) is 149 cm³/mol. The number of fused-ring (bicyclic) bond motifs is 2. The molecular weight excluding hydrogens is 544 g/mol.